The number of benzene rings is 2. The molecular formula is C16H11F3N2OS. The summed E-state index contributed by atoms with van der Waals surface area (Å²) >= 11 is 1.02. The lowest BCUT2D eigenvalue weighted by atomic mass is 10.1. The predicted octanol–water partition coefficient (Wildman–Crippen LogP) is 4.50. The second-order valence-corrected chi connectivity index (χ2v) is 5.91. The highest BCUT2D eigenvalue weighted by molar-refractivity contribution is 7.22. The molecule has 7 heteroatoms. The first kappa shape index (κ1) is 15.5. The van der Waals surface area contributed by atoms with E-state index in [4.69, 9.17) is 0 Å². The maximum Gasteiger partial charge on any atom is 0.418 e. The Balaban J connectivity index is 1.83. The molecule has 1 aromatic heterocycles. The Morgan fingerprint density at radius 1 is 1.09 bits per heavy atom. The third kappa shape index (κ3) is 3.50. The van der Waals surface area contributed by atoms with E-state index in [0.29, 0.717) is 4.70 Å². The van der Waals surface area contributed by atoms with Crippen LogP contribution >= 0.6 is 11.3 Å². The maximum absolute atomic E-state index is 13.0. The molecule has 0 aliphatic rings. The SMILES string of the molecule is O=C(Cc1ccccc1)Nc1nc2c(C(F)(F)F)cccc2s1. The monoisotopic (exact) mass is 336 g/mol. The molecule has 0 bridgehead atoms. The minimum absolute atomic E-state index is 0.139. The van der Waals surface area contributed by atoms with Crippen molar-refractivity contribution in [1.82, 2.24) is 4.98 Å². The van der Waals surface area contributed by atoms with E-state index in [1.807, 2.05) is 18.2 Å². The summed E-state index contributed by atoms with van der Waals surface area (Å²) in [5.74, 6) is -0.316. The number of carbonyl (C=O) groups is 1. The molecule has 1 amide bonds. The Hall–Kier alpha value is -2.41. The van der Waals surface area contributed by atoms with Gasteiger partial charge in [-0.3, -0.25) is 4.79 Å². The number of hydrogen-bond acceptors (Lipinski definition) is 3. The van der Waals surface area contributed by atoms with Gasteiger partial charge in [0.15, 0.2) is 5.13 Å². The van der Waals surface area contributed by atoms with Gasteiger partial charge < -0.3 is 5.32 Å². The van der Waals surface area contributed by atoms with Crippen molar-refractivity contribution < 1.29 is 18.0 Å². The smallest absolute Gasteiger partial charge is 0.302 e. The van der Waals surface area contributed by atoms with Gasteiger partial charge in [-0.2, -0.15) is 13.2 Å². The van der Waals surface area contributed by atoms with Crippen molar-refractivity contribution in [2.75, 3.05) is 5.32 Å². The fourth-order valence-electron chi connectivity index (χ4n) is 2.18. The van der Waals surface area contributed by atoms with Gasteiger partial charge in [-0.25, -0.2) is 4.98 Å². The van der Waals surface area contributed by atoms with Crippen LogP contribution in [0.4, 0.5) is 18.3 Å². The zero-order valence-corrected chi connectivity index (χ0v) is 12.5. The van der Waals surface area contributed by atoms with Gasteiger partial charge in [0.05, 0.1) is 22.2 Å². The number of hydrogen-bond donors (Lipinski definition) is 1. The molecule has 0 saturated carbocycles. The van der Waals surface area contributed by atoms with Crippen LogP contribution in [0.3, 0.4) is 0 Å². The molecule has 118 valence electrons. The number of nitrogens with zero attached hydrogens (tertiary/aromatic N) is 1. The fourth-order valence-corrected chi connectivity index (χ4v) is 3.08. The van der Waals surface area contributed by atoms with Gasteiger partial charge in [-0.1, -0.05) is 47.7 Å². The standard InChI is InChI=1S/C16H11F3N2OS/c17-16(18,19)11-7-4-8-12-14(11)21-15(23-12)20-13(22)9-10-5-2-1-3-6-10/h1-8H,9H2,(H,20,21,22). The Bertz CT molecular complexity index is 843. The summed E-state index contributed by atoms with van der Waals surface area (Å²) in [6, 6.07) is 12.9. The van der Waals surface area contributed by atoms with Gasteiger partial charge in [-0.15, -0.1) is 0 Å². The van der Waals surface area contributed by atoms with Crippen LogP contribution < -0.4 is 5.32 Å². The van der Waals surface area contributed by atoms with E-state index < -0.39 is 11.7 Å². The summed E-state index contributed by atoms with van der Waals surface area (Å²) in [6.45, 7) is 0. The summed E-state index contributed by atoms with van der Waals surface area (Å²) in [5.41, 5.74) is -0.114. The third-order valence-electron chi connectivity index (χ3n) is 3.18. The lowest BCUT2D eigenvalue weighted by molar-refractivity contribution is -0.136. The van der Waals surface area contributed by atoms with E-state index in [2.05, 4.69) is 10.3 Å². The van der Waals surface area contributed by atoms with Crippen LogP contribution in [0.1, 0.15) is 11.1 Å². The van der Waals surface area contributed by atoms with Crippen molar-refractivity contribution >= 4 is 32.6 Å². The summed E-state index contributed by atoms with van der Waals surface area (Å²) in [5, 5.41) is 2.72. The highest BCUT2D eigenvalue weighted by atomic mass is 32.1. The highest BCUT2D eigenvalue weighted by Gasteiger charge is 2.33. The zero-order chi connectivity index (χ0) is 16.4. The van der Waals surface area contributed by atoms with Crippen molar-refractivity contribution in [3.63, 3.8) is 0 Å². The average Bonchev–Trinajstić information content (AvgIpc) is 2.88. The van der Waals surface area contributed by atoms with Crippen LogP contribution in [0.2, 0.25) is 0 Å². The van der Waals surface area contributed by atoms with Crippen LogP contribution in [-0.2, 0) is 17.4 Å². The Labute approximate surface area is 133 Å². The van der Waals surface area contributed by atoms with E-state index in [-0.39, 0.29) is 23.0 Å². The van der Waals surface area contributed by atoms with Gasteiger partial charge in [0.25, 0.3) is 0 Å². The number of aromatic nitrogens is 1. The summed E-state index contributed by atoms with van der Waals surface area (Å²) in [4.78, 5) is 15.9. The normalized spacial score (nSPS) is 11.6. The minimum atomic E-state index is -4.47. The Morgan fingerprint density at radius 3 is 2.52 bits per heavy atom. The second-order valence-electron chi connectivity index (χ2n) is 4.88. The molecule has 0 saturated heterocycles. The molecular weight excluding hydrogens is 325 g/mol. The molecule has 0 atom stereocenters. The first-order chi connectivity index (χ1) is 10.9. The number of amides is 1. The summed E-state index contributed by atoms with van der Waals surface area (Å²) in [6.07, 6.45) is -4.33. The van der Waals surface area contributed by atoms with E-state index in [1.54, 1.807) is 18.2 Å². The lowest BCUT2D eigenvalue weighted by Gasteiger charge is -2.06. The molecule has 1 N–H and O–H groups in total. The molecule has 0 radical (unpaired) electrons. The van der Waals surface area contributed by atoms with Crippen LogP contribution in [0.25, 0.3) is 10.2 Å². The molecule has 1 heterocycles. The number of thiazole rings is 1. The van der Waals surface area contributed by atoms with E-state index in [0.717, 1.165) is 23.0 Å². The lowest BCUT2D eigenvalue weighted by Crippen LogP contribution is -2.14. The van der Waals surface area contributed by atoms with Gasteiger partial charge in [0, 0.05) is 0 Å². The minimum Gasteiger partial charge on any atom is -0.302 e. The van der Waals surface area contributed by atoms with Crippen LogP contribution in [-0.4, -0.2) is 10.9 Å². The van der Waals surface area contributed by atoms with Crippen molar-refractivity contribution in [1.29, 1.82) is 0 Å². The number of fused-ring (bicyclic) bond motifs is 1. The van der Waals surface area contributed by atoms with Crippen LogP contribution in [0.15, 0.2) is 48.5 Å². The van der Waals surface area contributed by atoms with E-state index >= 15 is 0 Å². The van der Waals surface area contributed by atoms with Crippen molar-refractivity contribution in [2.45, 2.75) is 12.6 Å². The molecule has 0 spiro atoms. The molecule has 0 aliphatic carbocycles. The van der Waals surface area contributed by atoms with Crippen molar-refractivity contribution in [3.8, 4) is 0 Å². The predicted molar refractivity (Wildman–Crippen MR) is 83.4 cm³/mol. The maximum atomic E-state index is 13.0. The third-order valence-corrected chi connectivity index (χ3v) is 4.11. The Kier molecular flexibility index (Phi) is 4.04. The van der Waals surface area contributed by atoms with Crippen molar-refractivity contribution in [3.05, 3.63) is 59.7 Å². The number of rotatable bonds is 3. The number of alkyl halides is 3. The first-order valence-electron chi connectivity index (χ1n) is 6.74. The van der Waals surface area contributed by atoms with Crippen molar-refractivity contribution in [2.24, 2.45) is 0 Å². The molecule has 3 rings (SSSR count). The number of carbonyl (C=O) groups excluding carboxylic acids is 1. The zero-order valence-electron chi connectivity index (χ0n) is 11.7. The highest BCUT2D eigenvalue weighted by Crippen LogP contribution is 2.37. The molecule has 0 unspecified atom stereocenters. The van der Waals surface area contributed by atoms with Crippen LogP contribution in [0, 0.1) is 0 Å². The van der Waals surface area contributed by atoms with Gasteiger partial charge >= 0.3 is 6.18 Å². The molecule has 0 aliphatic heterocycles. The number of para-hydroxylation sites is 1. The van der Waals surface area contributed by atoms with E-state index in [9.17, 15) is 18.0 Å². The first-order valence-corrected chi connectivity index (χ1v) is 7.55. The number of nitrogens with one attached hydrogen (secondary N) is 1. The fraction of sp³-hybridized carbons (Fsp3) is 0.125. The molecule has 3 nitrogen and oxygen atoms in total. The van der Waals surface area contributed by atoms with Crippen LogP contribution in [0.5, 0.6) is 0 Å². The van der Waals surface area contributed by atoms with Gasteiger partial charge in [0.2, 0.25) is 5.91 Å². The number of halogens is 3. The van der Waals surface area contributed by atoms with E-state index in [1.165, 1.54) is 6.07 Å². The summed E-state index contributed by atoms with van der Waals surface area (Å²) in [7, 11) is 0. The van der Waals surface area contributed by atoms with Gasteiger partial charge in [-0.05, 0) is 17.7 Å². The average molecular weight is 336 g/mol. The molecule has 2 aromatic carbocycles. The quantitative estimate of drug-likeness (QED) is 0.765. The summed E-state index contributed by atoms with van der Waals surface area (Å²) < 4.78 is 39.2. The van der Waals surface area contributed by atoms with Gasteiger partial charge in [0.1, 0.15) is 0 Å². The second kappa shape index (κ2) is 6.00. The molecule has 23 heavy (non-hydrogen) atoms. The largest absolute Gasteiger partial charge is 0.418 e. The Morgan fingerprint density at radius 2 is 1.83 bits per heavy atom. The molecule has 0 fully saturated rings. The molecule has 3 aromatic rings. The number of anilines is 1. The topological polar surface area (TPSA) is 42.0 Å².